The predicted octanol–water partition coefficient (Wildman–Crippen LogP) is 3.69. The highest BCUT2D eigenvalue weighted by Crippen LogP contribution is 2.23. The smallest absolute Gasteiger partial charge is 0.191 e. The first-order chi connectivity index (χ1) is 14.4. The van der Waals surface area contributed by atoms with Crippen molar-refractivity contribution in [3.05, 3.63) is 29.8 Å². The molecule has 3 N–H and O–H groups in total. The summed E-state index contributed by atoms with van der Waals surface area (Å²) in [6, 6.07) is 9.85. The SMILES string of the molecule is CCNC(=NCc1ccc(N2CCC(CO)CC2)cc1)NCCN(C(C)C)C(C)C.I. The summed E-state index contributed by atoms with van der Waals surface area (Å²) in [5.74, 6) is 1.35. The molecule has 1 aromatic carbocycles. The summed E-state index contributed by atoms with van der Waals surface area (Å²) < 4.78 is 0. The minimum Gasteiger partial charge on any atom is -0.396 e. The molecule has 2 rings (SSSR count). The van der Waals surface area contributed by atoms with Crippen molar-refractivity contribution in [2.75, 3.05) is 44.2 Å². The van der Waals surface area contributed by atoms with Crippen molar-refractivity contribution >= 4 is 35.6 Å². The summed E-state index contributed by atoms with van der Waals surface area (Å²) in [6.07, 6.45) is 2.15. The molecule has 1 saturated heterocycles. The highest BCUT2D eigenvalue weighted by Gasteiger charge is 2.18. The highest BCUT2D eigenvalue weighted by molar-refractivity contribution is 14.0. The standard InChI is InChI=1S/C24H43N5O.HI/c1-6-25-24(26-13-16-29(19(2)3)20(4)5)27-17-21-7-9-23(10-8-21)28-14-11-22(18-30)12-15-28;/h7-10,19-20,22,30H,6,11-18H2,1-5H3,(H2,25,26,27);1H. The van der Waals surface area contributed by atoms with Gasteiger partial charge in [-0.15, -0.1) is 24.0 Å². The second-order valence-electron chi connectivity index (χ2n) is 8.83. The van der Waals surface area contributed by atoms with E-state index in [9.17, 15) is 5.11 Å². The monoisotopic (exact) mass is 545 g/mol. The number of piperidine rings is 1. The molecule has 0 unspecified atom stereocenters. The van der Waals surface area contributed by atoms with Gasteiger partial charge in [-0.25, -0.2) is 4.99 Å². The van der Waals surface area contributed by atoms with Crippen LogP contribution in [0.25, 0.3) is 0 Å². The molecule has 0 atom stereocenters. The fraction of sp³-hybridized carbons (Fsp3) is 0.708. The topological polar surface area (TPSA) is 63.1 Å². The second kappa shape index (κ2) is 14.9. The second-order valence-corrected chi connectivity index (χ2v) is 8.83. The minimum atomic E-state index is 0. The molecule has 0 bridgehead atoms. The lowest BCUT2D eigenvalue weighted by atomic mass is 9.97. The van der Waals surface area contributed by atoms with Crippen molar-refractivity contribution in [3.63, 3.8) is 0 Å². The first-order valence-corrected chi connectivity index (χ1v) is 11.7. The molecule has 0 spiro atoms. The number of hydrogen-bond acceptors (Lipinski definition) is 4. The molecule has 1 aliphatic rings. The Labute approximate surface area is 206 Å². The third-order valence-corrected chi connectivity index (χ3v) is 5.93. The fourth-order valence-electron chi connectivity index (χ4n) is 4.11. The Kier molecular flexibility index (Phi) is 13.4. The van der Waals surface area contributed by atoms with Crippen molar-refractivity contribution in [2.45, 2.75) is 66.1 Å². The Bertz CT molecular complexity index is 619. The van der Waals surface area contributed by atoms with Gasteiger partial charge in [0.1, 0.15) is 0 Å². The Morgan fingerprint density at radius 3 is 2.23 bits per heavy atom. The van der Waals surface area contributed by atoms with Crippen LogP contribution in [0.1, 0.15) is 53.0 Å². The van der Waals surface area contributed by atoms with Crippen LogP contribution in [0.5, 0.6) is 0 Å². The van der Waals surface area contributed by atoms with Crippen LogP contribution in [0.4, 0.5) is 5.69 Å². The van der Waals surface area contributed by atoms with E-state index >= 15 is 0 Å². The molecule has 178 valence electrons. The van der Waals surface area contributed by atoms with E-state index in [0.29, 0.717) is 31.2 Å². The number of aliphatic imine (C=N–C) groups is 1. The van der Waals surface area contributed by atoms with Gasteiger partial charge in [0.25, 0.3) is 0 Å². The largest absolute Gasteiger partial charge is 0.396 e. The van der Waals surface area contributed by atoms with E-state index in [4.69, 9.17) is 4.99 Å². The third-order valence-electron chi connectivity index (χ3n) is 5.93. The van der Waals surface area contributed by atoms with Gasteiger partial charge in [0, 0.05) is 57.1 Å². The average molecular weight is 546 g/mol. The number of nitrogens with one attached hydrogen (secondary N) is 2. The van der Waals surface area contributed by atoms with Crippen molar-refractivity contribution in [2.24, 2.45) is 10.9 Å². The number of hydrogen-bond donors (Lipinski definition) is 3. The third kappa shape index (κ3) is 9.53. The Balaban J connectivity index is 0.00000480. The van der Waals surface area contributed by atoms with Crippen LogP contribution < -0.4 is 15.5 Å². The molecule has 0 radical (unpaired) electrons. The van der Waals surface area contributed by atoms with E-state index < -0.39 is 0 Å². The van der Waals surface area contributed by atoms with E-state index in [1.807, 2.05) is 0 Å². The summed E-state index contributed by atoms with van der Waals surface area (Å²) in [5.41, 5.74) is 2.48. The molecule has 0 aromatic heterocycles. The molecule has 1 heterocycles. The zero-order valence-corrected chi connectivity index (χ0v) is 22.4. The summed E-state index contributed by atoms with van der Waals surface area (Å²) >= 11 is 0. The number of benzene rings is 1. The zero-order valence-electron chi connectivity index (χ0n) is 20.1. The number of halogens is 1. The highest BCUT2D eigenvalue weighted by atomic mass is 127. The number of nitrogens with zero attached hydrogens (tertiary/aromatic N) is 3. The maximum absolute atomic E-state index is 9.31. The van der Waals surface area contributed by atoms with Crippen LogP contribution in [0.15, 0.2) is 29.3 Å². The van der Waals surface area contributed by atoms with Gasteiger partial charge >= 0.3 is 0 Å². The lowest BCUT2D eigenvalue weighted by Crippen LogP contribution is -2.45. The van der Waals surface area contributed by atoms with E-state index in [2.05, 4.69) is 79.3 Å². The van der Waals surface area contributed by atoms with Gasteiger partial charge in [-0.05, 0) is 71.1 Å². The van der Waals surface area contributed by atoms with E-state index in [0.717, 1.165) is 51.5 Å². The lowest BCUT2D eigenvalue weighted by molar-refractivity contribution is 0.178. The normalized spacial score (nSPS) is 15.5. The summed E-state index contributed by atoms with van der Waals surface area (Å²) in [6.45, 7) is 16.9. The predicted molar refractivity (Wildman–Crippen MR) is 144 cm³/mol. The molecular formula is C24H44IN5O. The molecule has 0 saturated carbocycles. The number of anilines is 1. The van der Waals surface area contributed by atoms with Crippen molar-refractivity contribution in [1.29, 1.82) is 0 Å². The van der Waals surface area contributed by atoms with Crippen molar-refractivity contribution in [3.8, 4) is 0 Å². The summed E-state index contributed by atoms with van der Waals surface area (Å²) in [5, 5.41) is 16.1. The first kappa shape index (κ1) is 28.0. The lowest BCUT2D eigenvalue weighted by Gasteiger charge is -2.32. The summed E-state index contributed by atoms with van der Waals surface area (Å²) in [4.78, 5) is 9.67. The van der Waals surface area contributed by atoms with E-state index in [1.165, 1.54) is 11.3 Å². The number of aliphatic hydroxyl groups excluding tert-OH is 1. The molecule has 6 nitrogen and oxygen atoms in total. The van der Waals surface area contributed by atoms with Crippen LogP contribution in [0.3, 0.4) is 0 Å². The number of guanidine groups is 1. The first-order valence-electron chi connectivity index (χ1n) is 11.7. The van der Waals surface area contributed by atoms with Crippen LogP contribution >= 0.6 is 24.0 Å². The van der Waals surface area contributed by atoms with Gasteiger partial charge in [0.15, 0.2) is 5.96 Å². The molecule has 31 heavy (non-hydrogen) atoms. The molecular weight excluding hydrogens is 501 g/mol. The van der Waals surface area contributed by atoms with Crippen LogP contribution in [-0.2, 0) is 6.54 Å². The van der Waals surface area contributed by atoms with Crippen LogP contribution in [0.2, 0.25) is 0 Å². The Morgan fingerprint density at radius 1 is 1.10 bits per heavy atom. The molecule has 1 fully saturated rings. The zero-order chi connectivity index (χ0) is 21.9. The van der Waals surface area contributed by atoms with Gasteiger partial charge in [0.05, 0.1) is 6.54 Å². The maximum atomic E-state index is 9.31. The number of aliphatic hydroxyl groups is 1. The van der Waals surface area contributed by atoms with E-state index in [-0.39, 0.29) is 24.0 Å². The molecule has 1 aliphatic heterocycles. The Hall–Kier alpha value is -1.06. The Morgan fingerprint density at radius 2 is 1.71 bits per heavy atom. The van der Waals surface area contributed by atoms with Crippen LogP contribution in [0, 0.1) is 5.92 Å². The fourth-order valence-corrected chi connectivity index (χ4v) is 4.11. The number of rotatable bonds is 10. The van der Waals surface area contributed by atoms with E-state index in [1.54, 1.807) is 0 Å². The minimum absolute atomic E-state index is 0. The van der Waals surface area contributed by atoms with Crippen molar-refractivity contribution < 1.29 is 5.11 Å². The molecule has 0 aliphatic carbocycles. The molecule has 7 heteroatoms. The van der Waals surface area contributed by atoms with Gasteiger partial charge in [-0.1, -0.05) is 12.1 Å². The van der Waals surface area contributed by atoms with Gasteiger partial charge in [0.2, 0.25) is 0 Å². The van der Waals surface area contributed by atoms with Gasteiger partial charge in [-0.2, -0.15) is 0 Å². The van der Waals surface area contributed by atoms with Gasteiger partial charge < -0.3 is 20.6 Å². The van der Waals surface area contributed by atoms with Crippen molar-refractivity contribution in [1.82, 2.24) is 15.5 Å². The molecule has 0 amide bonds. The van der Waals surface area contributed by atoms with Crippen LogP contribution in [-0.4, -0.2) is 67.4 Å². The average Bonchev–Trinajstić information content (AvgIpc) is 2.74. The van der Waals surface area contributed by atoms with Gasteiger partial charge in [-0.3, -0.25) is 4.90 Å². The summed E-state index contributed by atoms with van der Waals surface area (Å²) in [7, 11) is 0. The quantitative estimate of drug-likeness (QED) is 0.238. The maximum Gasteiger partial charge on any atom is 0.191 e. The molecule has 1 aromatic rings.